The number of amides is 1. The molecule has 0 atom stereocenters. The summed E-state index contributed by atoms with van der Waals surface area (Å²) in [6.07, 6.45) is 0. The third-order valence-corrected chi connectivity index (χ3v) is 3.84. The van der Waals surface area contributed by atoms with Gasteiger partial charge < -0.3 is 10.1 Å². The molecular weight excluding hydrogens is 345 g/mol. The summed E-state index contributed by atoms with van der Waals surface area (Å²) in [5, 5.41) is 4.26. The van der Waals surface area contributed by atoms with Gasteiger partial charge in [-0.1, -0.05) is 46.9 Å². The number of halogens is 3. The van der Waals surface area contributed by atoms with Gasteiger partial charge in [-0.3, -0.25) is 4.79 Å². The number of hydrogen-bond acceptors (Lipinski definition) is 2. The molecule has 0 aliphatic heterocycles. The Morgan fingerprint density at radius 1 is 1.09 bits per heavy atom. The van der Waals surface area contributed by atoms with E-state index in [1.54, 1.807) is 30.3 Å². The summed E-state index contributed by atoms with van der Waals surface area (Å²) in [5.41, 5.74) is 1.79. The van der Waals surface area contributed by atoms with Crippen molar-refractivity contribution in [2.75, 3.05) is 6.61 Å². The van der Waals surface area contributed by atoms with Crippen LogP contribution in [-0.4, -0.2) is 12.5 Å². The molecule has 0 saturated carbocycles. The van der Waals surface area contributed by atoms with Crippen LogP contribution >= 0.6 is 34.8 Å². The smallest absolute Gasteiger partial charge is 0.258 e. The summed E-state index contributed by atoms with van der Waals surface area (Å²) in [7, 11) is 0. The van der Waals surface area contributed by atoms with Crippen LogP contribution in [0.5, 0.6) is 5.75 Å². The standard InChI is InChI=1S/C16H14Cl3NO2/c1-10-2-5-13(18)15(6-10)22-9-16(21)20-8-11-3-4-12(17)7-14(11)19/h2-7H,8-9H2,1H3,(H,20,21). The van der Waals surface area contributed by atoms with Crippen LogP contribution in [0.2, 0.25) is 15.1 Å². The van der Waals surface area contributed by atoms with Crippen molar-refractivity contribution in [2.45, 2.75) is 13.5 Å². The molecule has 0 saturated heterocycles. The quantitative estimate of drug-likeness (QED) is 0.845. The van der Waals surface area contributed by atoms with E-state index in [9.17, 15) is 4.79 Å². The summed E-state index contributed by atoms with van der Waals surface area (Å²) >= 11 is 17.9. The van der Waals surface area contributed by atoms with Crippen LogP contribution in [0.1, 0.15) is 11.1 Å². The number of nitrogens with one attached hydrogen (secondary N) is 1. The van der Waals surface area contributed by atoms with Crippen LogP contribution in [0.25, 0.3) is 0 Å². The topological polar surface area (TPSA) is 38.3 Å². The Morgan fingerprint density at radius 2 is 1.86 bits per heavy atom. The lowest BCUT2D eigenvalue weighted by Crippen LogP contribution is -2.28. The molecule has 0 bridgehead atoms. The number of carbonyl (C=O) groups is 1. The van der Waals surface area contributed by atoms with Gasteiger partial charge in [0.2, 0.25) is 0 Å². The highest BCUT2D eigenvalue weighted by molar-refractivity contribution is 6.35. The van der Waals surface area contributed by atoms with E-state index >= 15 is 0 Å². The predicted octanol–water partition coefficient (Wildman–Crippen LogP) is 4.65. The van der Waals surface area contributed by atoms with E-state index in [0.29, 0.717) is 27.4 Å². The molecule has 0 heterocycles. The first-order valence-electron chi connectivity index (χ1n) is 6.55. The second-order valence-electron chi connectivity index (χ2n) is 4.74. The monoisotopic (exact) mass is 357 g/mol. The van der Waals surface area contributed by atoms with Crippen molar-refractivity contribution in [1.82, 2.24) is 5.32 Å². The van der Waals surface area contributed by atoms with Crippen LogP contribution in [0.15, 0.2) is 36.4 Å². The van der Waals surface area contributed by atoms with Crippen LogP contribution < -0.4 is 10.1 Å². The average molecular weight is 359 g/mol. The van der Waals surface area contributed by atoms with Gasteiger partial charge in [0.1, 0.15) is 5.75 Å². The lowest BCUT2D eigenvalue weighted by molar-refractivity contribution is -0.123. The molecule has 0 radical (unpaired) electrons. The fraction of sp³-hybridized carbons (Fsp3) is 0.188. The van der Waals surface area contributed by atoms with Crippen molar-refractivity contribution in [2.24, 2.45) is 0 Å². The normalized spacial score (nSPS) is 10.4. The molecule has 0 spiro atoms. The Labute approximate surface area is 144 Å². The molecule has 0 aliphatic rings. The molecule has 22 heavy (non-hydrogen) atoms. The first-order valence-corrected chi connectivity index (χ1v) is 7.68. The fourth-order valence-corrected chi connectivity index (χ4v) is 2.42. The number of carbonyl (C=O) groups excluding carboxylic acids is 1. The Balaban J connectivity index is 1.87. The van der Waals surface area contributed by atoms with Crippen molar-refractivity contribution in [3.05, 3.63) is 62.6 Å². The molecule has 2 aromatic rings. The van der Waals surface area contributed by atoms with E-state index < -0.39 is 0 Å². The summed E-state index contributed by atoms with van der Waals surface area (Å²) < 4.78 is 5.42. The predicted molar refractivity (Wildman–Crippen MR) is 90.0 cm³/mol. The Bertz CT molecular complexity index is 689. The molecule has 0 aliphatic carbocycles. The largest absolute Gasteiger partial charge is 0.482 e. The molecular formula is C16H14Cl3NO2. The van der Waals surface area contributed by atoms with Crippen LogP contribution in [0.4, 0.5) is 0 Å². The van der Waals surface area contributed by atoms with E-state index in [4.69, 9.17) is 39.5 Å². The molecule has 0 unspecified atom stereocenters. The van der Waals surface area contributed by atoms with Gasteiger partial charge in [0, 0.05) is 16.6 Å². The minimum Gasteiger partial charge on any atom is -0.482 e. The van der Waals surface area contributed by atoms with E-state index in [2.05, 4.69) is 5.32 Å². The zero-order valence-corrected chi connectivity index (χ0v) is 14.1. The maximum atomic E-state index is 11.8. The van der Waals surface area contributed by atoms with E-state index in [1.807, 2.05) is 13.0 Å². The van der Waals surface area contributed by atoms with Gasteiger partial charge in [0.05, 0.1) is 5.02 Å². The highest BCUT2D eigenvalue weighted by atomic mass is 35.5. The molecule has 0 aromatic heterocycles. The molecule has 116 valence electrons. The maximum Gasteiger partial charge on any atom is 0.258 e. The van der Waals surface area contributed by atoms with Gasteiger partial charge in [-0.2, -0.15) is 0 Å². The first kappa shape index (κ1) is 16.9. The summed E-state index contributed by atoms with van der Waals surface area (Å²) in [6.45, 7) is 2.11. The van der Waals surface area contributed by atoms with Crippen molar-refractivity contribution in [3.63, 3.8) is 0 Å². The first-order chi connectivity index (χ1) is 10.5. The number of aryl methyl sites for hydroxylation is 1. The lowest BCUT2D eigenvalue weighted by atomic mass is 10.2. The third kappa shape index (κ3) is 4.80. The zero-order valence-electron chi connectivity index (χ0n) is 11.8. The zero-order chi connectivity index (χ0) is 16.1. The van der Waals surface area contributed by atoms with Gasteiger partial charge in [-0.05, 0) is 42.3 Å². The van der Waals surface area contributed by atoms with Crippen molar-refractivity contribution in [1.29, 1.82) is 0 Å². The lowest BCUT2D eigenvalue weighted by Gasteiger charge is -2.10. The van der Waals surface area contributed by atoms with E-state index in [0.717, 1.165) is 11.1 Å². The molecule has 6 heteroatoms. The fourth-order valence-electron chi connectivity index (χ4n) is 1.77. The van der Waals surface area contributed by atoms with Gasteiger partial charge >= 0.3 is 0 Å². The number of benzene rings is 2. The van der Waals surface area contributed by atoms with Gasteiger partial charge in [-0.15, -0.1) is 0 Å². The van der Waals surface area contributed by atoms with Crippen molar-refractivity contribution < 1.29 is 9.53 Å². The maximum absolute atomic E-state index is 11.8. The van der Waals surface area contributed by atoms with Gasteiger partial charge in [0.15, 0.2) is 6.61 Å². The van der Waals surface area contributed by atoms with Crippen LogP contribution in [0.3, 0.4) is 0 Å². The molecule has 1 N–H and O–H groups in total. The molecule has 3 nitrogen and oxygen atoms in total. The third-order valence-electron chi connectivity index (χ3n) is 2.94. The average Bonchev–Trinajstić information content (AvgIpc) is 2.47. The highest BCUT2D eigenvalue weighted by Crippen LogP contribution is 2.25. The van der Waals surface area contributed by atoms with E-state index in [-0.39, 0.29) is 12.5 Å². The second-order valence-corrected chi connectivity index (χ2v) is 5.99. The minimum absolute atomic E-state index is 0.117. The SMILES string of the molecule is Cc1ccc(Cl)c(OCC(=O)NCc2ccc(Cl)cc2Cl)c1. The summed E-state index contributed by atoms with van der Waals surface area (Å²) in [4.78, 5) is 11.8. The molecule has 2 aromatic carbocycles. The number of rotatable bonds is 5. The van der Waals surface area contributed by atoms with Crippen molar-refractivity contribution in [3.8, 4) is 5.75 Å². The van der Waals surface area contributed by atoms with Crippen LogP contribution in [-0.2, 0) is 11.3 Å². The molecule has 1 amide bonds. The molecule has 2 rings (SSSR count). The van der Waals surface area contributed by atoms with E-state index in [1.165, 1.54) is 0 Å². The van der Waals surface area contributed by atoms with Crippen molar-refractivity contribution >= 4 is 40.7 Å². The van der Waals surface area contributed by atoms with Gasteiger partial charge in [-0.25, -0.2) is 0 Å². The second kappa shape index (κ2) is 7.73. The Kier molecular flexibility index (Phi) is 5.95. The minimum atomic E-state index is -0.261. The van der Waals surface area contributed by atoms with Crippen LogP contribution in [0, 0.1) is 6.92 Å². The Hall–Kier alpha value is -1.42. The highest BCUT2D eigenvalue weighted by Gasteiger charge is 2.07. The Morgan fingerprint density at radius 3 is 2.59 bits per heavy atom. The number of ether oxygens (including phenoxy) is 1. The van der Waals surface area contributed by atoms with Gasteiger partial charge in [0.25, 0.3) is 5.91 Å². The molecule has 0 fully saturated rings. The number of hydrogen-bond donors (Lipinski definition) is 1. The summed E-state index contributed by atoms with van der Waals surface area (Å²) in [5.74, 6) is 0.227. The summed E-state index contributed by atoms with van der Waals surface area (Å²) in [6, 6.07) is 10.5.